The molecule has 8 nitrogen and oxygen atoms in total. The van der Waals surface area contributed by atoms with Crippen LogP contribution in [-0.4, -0.2) is 53.0 Å². The molecule has 0 aliphatic carbocycles. The lowest BCUT2D eigenvalue weighted by Gasteiger charge is -2.28. The van der Waals surface area contributed by atoms with Gasteiger partial charge in [0.1, 0.15) is 0 Å². The zero-order chi connectivity index (χ0) is 22.9. The zero-order valence-electron chi connectivity index (χ0n) is 17.9. The molecule has 172 valence electrons. The second kappa shape index (κ2) is 8.93. The topological polar surface area (TPSA) is 104 Å². The Morgan fingerprint density at radius 1 is 1.00 bits per heavy atom. The highest BCUT2D eigenvalue weighted by Crippen LogP contribution is 2.28. The van der Waals surface area contributed by atoms with Gasteiger partial charge in [0.15, 0.2) is 0 Å². The van der Waals surface area contributed by atoms with E-state index < -0.39 is 26.0 Å². The molecule has 0 spiro atoms. The summed E-state index contributed by atoms with van der Waals surface area (Å²) in [7, 11) is -7.50. The third-order valence-corrected chi connectivity index (χ3v) is 9.10. The van der Waals surface area contributed by atoms with Crippen molar-refractivity contribution in [3.8, 4) is 0 Å². The van der Waals surface area contributed by atoms with Gasteiger partial charge in [-0.3, -0.25) is 9.69 Å². The number of sulfonamides is 2. The van der Waals surface area contributed by atoms with Gasteiger partial charge < -0.3 is 0 Å². The number of carbonyl (C=O) groups excluding carboxylic acids is 1. The molecule has 1 unspecified atom stereocenters. The van der Waals surface area contributed by atoms with E-state index in [0.29, 0.717) is 0 Å². The minimum atomic E-state index is -3.81. The van der Waals surface area contributed by atoms with Crippen LogP contribution in [-0.2, 0) is 24.8 Å². The van der Waals surface area contributed by atoms with Gasteiger partial charge in [-0.2, -0.15) is 0 Å². The second-order valence-electron chi connectivity index (χ2n) is 8.24. The van der Waals surface area contributed by atoms with Crippen molar-refractivity contribution < 1.29 is 21.6 Å². The summed E-state index contributed by atoms with van der Waals surface area (Å²) in [6.07, 6.45) is 2.12. The van der Waals surface area contributed by atoms with E-state index in [1.165, 1.54) is 24.3 Å². The Morgan fingerprint density at radius 3 is 2.19 bits per heavy atom. The highest BCUT2D eigenvalue weighted by Gasteiger charge is 2.36. The van der Waals surface area contributed by atoms with Gasteiger partial charge in [0.2, 0.25) is 26.0 Å². The lowest BCUT2D eigenvalue weighted by molar-refractivity contribution is -0.116. The van der Waals surface area contributed by atoms with Crippen molar-refractivity contribution in [3.05, 3.63) is 59.7 Å². The molecule has 2 fully saturated rings. The number of amides is 1. The first-order chi connectivity index (χ1) is 15.2. The van der Waals surface area contributed by atoms with Gasteiger partial charge >= 0.3 is 0 Å². The summed E-state index contributed by atoms with van der Waals surface area (Å²) in [5.74, 6) is -0.741. The zero-order valence-corrected chi connectivity index (χ0v) is 19.5. The van der Waals surface area contributed by atoms with Crippen molar-refractivity contribution in [1.29, 1.82) is 0 Å². The van der Waals surface area contributed by atoms with E-state index in [2.05, 4.69) is 9.62 Å². The molecule has 0 radical (unpaired) electrons. The smallest absolute Gasteiger partial charge is 0.242 e. The van der Waals surface area contributed by atoms with Gasteiger partial charge in [-0.1, -0.05) is 29.8 Å². The van der Waals surface area contributed by atoms with Crippen LogP contribution in [0.2, 0.25) is 0 Å². The quantitative estimate of drug-likeness (QED) is 0.656. The molecule has 0 bridgehead atoms. The number of nitrogens with zero attached hydrogens (tertiary/aromatic N) is 2. The number of benzene rings is 2. The van der Waals surface area contributed by atoms with Crippen molar-refractivity contribution in [2.45, 2.75) is 37.1 Å². The Hall–Kier alpha value is -2.27. The van der Waals surface area contributed by atoms with Crippen LogP contribution in [0.5, 0.6) is 0 Å². The number of likely N-dealkylation sites (tertiary alicyclic amines) is 1. The molecule has 4 rings (SSSR count). The summed E-state index contributed by atoms with van der Waals surface area (Å²) in [6, 6.07) is 13.4. The molecular weight excluding hydrogens is 450 g/mol. The summed E-state index contributed by atoms with van der Waals surface area (Å²) in [5.41, 5.74) is 2.36. The minimum absolute atomic E-state index is 0.0226. The van der Waals surface area contributed by atoms with Gasteiger partial charge in [0.05, 0.1) is 16.3 Å². The fourth-order valence-corrected chi connectivity index (χ4v) is 6.70. The summed E-state index contributed by atoms with van der Waals surface area (Å²) < 4.78 is 53.5. The number of anilines is 1. The highest BCUT2D eigenvalue weighted by molar-refractivity contribution is 7.94. The largest absolute Gasteiger partial charge is 0.295 e. The van der Waals surface area contributed by atoms with E-state index in [1.807, 2.05) is 31.2 Å². The number of hydrogen-bond donors (Lipinski definition) is 1. The average Bonchev–Trinajstić information content (AvgIpc) is 3.37. The summed E-state index contributed by atoms with van der Waals surface area (Å²) >= 11 is 0. The molecule has 1 amide bonds. The first-order valence-corrected chi connectivity index (χ1v) is 13.7. The Kier molecular flexibility index (Phi) is 6.39. The van der Waals surface area contributed by atoms with Crippen LogP contribution in [0.3, 0.4) is 0 Å². The summed E-state index contributed by atoms with van der Waals surface area (Å²) in [4.78, 5) is 14.3. The maximum Gasteiger partial charge on any atom is 0.242 e. The molecule has 2 saturated heterocycles. The van der Waals surface area contributed by atoms with Crippen molar-refractivity contribution in [2.75, 3.05) is 29.7 Å². The van der Waals surface area contributed by atoms with Crippen LogP contribution in [0.25, 0.3) is 0 Å². The Balaban J connectivity index is 1.51. The lowest BCUT2D eigenvalue weighted by Crippen LogP contribution is -2.36. The highest BCUT2D eigenvalue weighted by atomic mass is 32.2. The van der Waals surface area contributed by atoms with Crippen LogP contribution in [0.1, 0.15) is 36.4 Å². The SMILES string of the molecule is Cc1ccc(C(CNS(=O)(=O)c2ccc(N3C(=O)CCS3(=O)=O)cc2)N2CCCC2)cc1. The van der Waals surface area contributed by atoms with Gasteiger partial charge in [-0.15, -0.1) is 0 Å². The number of carbonyl (C=O) groups is 1. The van der Waals surface area contributed by atoms with E-state index >= 15 is 0 Å². The van der Waals surface area contributed by atoms with E-state index in [-0.39, 0.29) is 35.3 Å². The fourth-order valence-electron chi connectivity index (χ4n) is 4.20. The Bertz CT molecular complexity index is 1190. The van der Waals surface area contributed by atoms with Gasteiger partial charge in [-0.05, 0) is 62.7 Å². The van der Waals surface area contributed by atoms with Crippen molar-refractivity contribution in [1.82, 2.24) is 9.62 Å². The fraction of sp³-hybridized carbons (Fsp3) is 0.409. The third-order valence-electron chi connectivity index (χ3n) is 5.97. The molecule has 1 N–H and O–H groups in total. The molecule has 2 heterocycles. The molecule has 2 aliphatic heterocycles. The average molecular weight is 478 g/mol. The number of hydrogen-bond acceptors (Lipinski definition) is 6. The molecule has 2 aliphatic rings. The monoisotopic (exact) mass is 477 g/mol. The molecule has 0 aromatic heterocycles. The number of aryl methyl sites for hydroxylation is 1. The van der Waals surface area contributed by atoms with Crippen LogP contribution in [0.15, 0.2) is 53.4 Å². The first-order valence-electron chi connectivity index (χ1n) is 10.6. The Morgan fingerprint density at radius 2 is 1.62 bits per heavy atom. The van der Waals surface area contributed by atoms with E-state index in [1.54, 1.807) is 0 Å². The molecule has 2 aromatic rings. The van der Waals surface area contributed by atoms with E-state index in [0.717, 1.165) is 41.4 Å². The normalized spacial score (nSPS) is 20.0. The molecule has 10 heteroatoms. The summed E-state index contributed by atoms with van der Waals surface area (Å²) in [6.45, 7) is 4.09. The van der Waals surface area contributed by atoms with Crippen molar-refractivity contribution >= 4 is 31.6 Å². The maximum atomic E-state index is 12.9. The first kappa shape index (κ1) is 22.9. The molecule has 1 atom stereocenters. The van der Waals surface area contributed by atoms with Crippen LogP contribution in [0.4, 0.5) is 5.69 Å². The number of nitrogens with one attached hydrogen (secondary N) is 1. The minimum Gasteiger partial charge on any atom is -0.295 e. The molecule has 0 saturated carbocycles. The van der Waals surface area contributed by atoms with Gasteiger partial charge in [0, 0.05) is 19.0 Å². The molecule has 2 aromatic carbocycles. The van der Waals surface area contributed by atoms with Crippen molar-refractivity contribution in [2.24, 2.45) is 0 Å². The van der Waals surface area contributed by atoms with Crippen LogP contribution < -0.4 is 9.03 Å². The Labute approximate surface area is 189 Å². The predicted octanol–water partition coefficient (Wildman–Crippen LogP) is 2.18. The lowest BCUT2D eigenvalue weighted by atomic mass is 10.0. The van der Waals surface area contributed by atoms with Crippen LogP contribution in [0, 0.1) is 6.92 Å². The van der Waals surface area contributed by atoms with E-state index in [9.17, 15) is 21.6 Å². The van der Waals surface area contributed by atoms with Gasteiger partial charge in [0.25, 0.3) is 0 Å². The predicted molar refractivity (Wildman–Crippen MR) is 122 cm³/mol. The molecular formula is C22H27N3O5S2. The molecule has 32 heavy (non-hydrogen) atoms. The van der Waals surface area contributed by atoms with E-state index in [4.69, 9.17) is 0 Å². The second-order valence-corrected chi connectivity index (χ2v) is 11.9. The number of rotatable bonds is 7. The van der Waals surface area contributed by atoms with Crippen LogP contribution >= 0.6 is 0 Å². The summed E-state index contributed by atoms with van der Waals surface area (Å²) in [5, 5.41) is 0. The third kappa shape index (κ3) is 4.73. The maximum absolute atomic E-state index is 12.9. The van der Waals surface area contributed by atoms with Gasteiger partial charge in [-0.25, -0.2) is 25.9 Å². The van der Waals surface area contributed by atoms with Crippen molar-refractivity contribution in [3.63, 3.8) is 0 Å². The standard InChI is InChI=1S/C22H27N3O5S2/c1-17-4-6-18(7-5-17)21(24-13-2-3-14-24)16-23-32(29,30)20-10-8-19(9-11-20)25-22(26)12-15-31(25,27)28/h4-11,21,23H,2-3,12-16H2,1H3.